The summed E-state index contributed by atoms with van der Waals surface area (Å²) in [5.74, 6) is 0.868. The number of halogens is 1. The number of unbranched alkanes of at least 4 members (excludes halogenated alkanes) is 1. The highest BCUT2D eigenvalue weighted by molar-refractivity contribution is 7.89. The summed E-state index contributed by atoms with van der Waals surface area (Å²) < 4.78 is 32.6. The average molecular weight is 516 g/mol. The number of methoxy groups -OCH3 is 1. The molecule has 0 saturated carbocycles. The Morgan fingerprint density at radius 2 is 1.91 bits per heavy atom. The van der Waals surface area contributed by atoms with Gasteiger partial charge >= 0.3 is 0 Å². The molecule has 1 aliphatic rings. The Morgan fingerprint density at radius 1 is 1.11 bits per heavy atom. The van der Waals surface area contributed by atoms with E-state index in [0.717, 1.165) is 42.9 Å². The van der Waals surface area contributed by atoms with Gasteiger partial charge in [0.05, 0.1) is 17.0 Å². The third-order valence-electron chi connectivity index (χ3n) is 6.56. The third-order valence-corrected chi connectivity index (χ3v) is 8.75. The number of sulfonamides is 1. The molecule has 3 aromatic rings. The summed E-state index contributed by atoms with van der Waals surface area (Å²) in [5.41, 5.74) is 0.636. The van der Waals surface area contributed by atoms with Gasteiger partial charge in [-0.05, 0) is 67.0 Å². The van der Waals surface area contributed by atoms with E-state index >= 15 is 0 Å². The average Bonchev–Trinajstić information content (AvgIpc) is 2.88. The van der Waals surface area contributed by atoms with Crippen molar-refractivity contribution in [2.24, 2.45) is 5.92 Å². The molecule has 0 atom stereocenters. The first-order valence-electron chi connectivity index (χ1n) is 11.8. The van der Waals surface area contributed by atoms with Gasteiger partial charge in [0.2, 0.25) is 10.0 Å². The first kappa shape index (κ1) is 25.4. The predicted molar refractivity (Wildman–Crippen MR) is 137 cm³/mol. The number of rotatable bonds is 9. The van der Waals surface area contributed by atoms with E-state index in [1.54, 1.807) is 22.8 Å². The van der Waals surface area contributed by atoms with Crippen molar-refractivity contribution in [3.05, 3.63) is 65.4 Å². The Labute approximate surface area is 211 Å². The number of amides is 1. The van der Waals surface area contributed by atoms with Crippen LogP contribution in [0, 0.1) is 5.92 Å². The normalized spacial score (nSPS) is 15.3. The van der Waals surface area contributed by atoms with Crippen LogP contribution in [0.5, 0.6) is 5.75 Å². The topological polar surface area (TPSA) is 88.6 Å². The summed E-state index contributed by atoms with van der Waals surface area (Å²) in [6, 6.07) is 12.1. The van der Waals surface area contributed by atoms with Crippen molar-refractivity contribution < 1.29 is 17.9 Å². The summed E-state index contributed by atoms with van der Waals surface area (Å²) in [6.07, 6.45) is 8.08. The zero-order chi connectivity index (χ0) is 24.8. The Hall–Kier alpha value is -2.68. The largest absolute Gasteiger partial charge is 0.495 e. The fourth-order valence-corrected chi connectivity index (χ4v) is 6.30. The third kappa shape index (κ3) is 6.12. The van der Waals surface area contributed by atoms with Gasteiger partial charge in [-0.25, -0.2) is 8.42 Å². The number of ether oxygens (including phenoxy) is 1. The second kappa shape index (κ2) is 11.4. The van der Waals surface area contributed by atoms with Crippen LogP contribution >= 0.6 is 11.6 Å². The van der Waals surface area contributed by atoms with E-state index in [2.05, 4.69) is 10.3 Å². The molecule has 7 nitrogen and oxygen atoms in total. The van der Waals surface area contributed by atoms with Crippen LogP contribution in [-0.2, 0) is 10.0 Å². The number of nitrogens with zero attached hydrogens (tertiary/aromatic N) is 2. The summed E-state index contributed by atoms with van der Waals surface area (Å²) in [6.45, 7) is 1.63. The predicted octanol–water partition coefficient (Wildman–Crippen LogP) is 4.90. The lowest BCUT2D eigenvalue weighted by atomic mass is 9.92. The highest BCUT2D eigenvalue weighted by atomic mass is 35.5. The Balaban J connectivity index is 1.18. The Morgan fingerprint density at radius 3 is 2.66 bits per heavy atom. The van der Waals surface area contributed by atoms with Gasteiger partial charge in [0.1, 0.15) is 5.75 Å². The molecule has 1 saturated heterocycles. The number of aromatic nitrogens is 1. The van der Waals surface area contributed by atoms with E-state index in [0.29, 0.717) is 36.9 Å². The molecule has 1 fully saturated rings. The van der Waals surface area contributed by atoms with Crippen LogP contribution in [0.25, 0.3) is 10.8 Å². The summed E-state index contributed by atoms with van der Waals surface area (Å²) in [5, 5.41) is 5.28. The Bertz CT molecular complexity index is 1290. The van der Waals surface area contributed by atoms with Gasteiger partial charge in [0.25, 0.3) is 5.91 Å². The van der Waals surface area contributed by atoms with Gasteiger partial charge < -0.3 is 10.1 Å². The van der Waals surface area contributed by atoms with Crippen molar-refractivity contribution in [3.8, 4) is 5.75 Å². The van der Waals surface area contributed by atoms with Gasteiger partial charge in [-0.1, -0.05) is 30.5 Å². The first-order valence-corrected chi connectivity index (χ1v) is 13.7. The molecular formula is C26H30ClN3O4S. The fraction of sp³-hybridized carbons (Fsp3) is 0.385. The van der Waals surface area contributed by atoms with Crippen LogP contribution in [0.3, 0.4) is 0 Å². The molecule has 2 heterocycles. The van der Waals surface area contributed by atoms with Crippen molar-refractivity contribution in [1.29, 1.82) is 0 Å². The highest BCUT2D eigenvalue weighted by Gasteiger charge is 2.29. The zero-order valence-electron chi connectivity index (χ0n) is 19.7. The molecule has 1 aliphatic heterocycles. The minimum absolute atomic E-state index is 0.0760. The van der Waals surface area contributed by atoms with E-state index in [1.165, 1.54) is 19.2 Å². The number of fused-ring (bicyclic) bond motifs is 1. The van der Waals surface area contributed by atoms with E-state index in [4.69, 9.17) is 16.3 Å². The minimum Gasteiger partial charge on any atom is -0.495 e. The summed E-state index contributed by atoms with van der Waals surface area (Å²) >= 11 is 6.12. The summed E-state index contributed by atoms with van der Waals surface area (Å²) in [4.78, 5) is 16.8. The van der Waals surface area contributed by atoms with Crippen LogP contribution in [0.4, 0.5) is 0 Å². The molecule has 9 heteroatoms. The molecule has 1 amide bonds. The number of piperidine rings is 1. The molecule has 0 spiro atoms. The van der Waals surface area contributed by atoms with Gasteiger partial charge in [-0.2, -0.15) is 4.31 Å². The maximum Gasteiger partial charge on any atom is 0.251 e. The summed E-state index contributed by atoms with van der Waals surface area (Å²) in [7, 11) is -2.07. The molecule has 0 aliphatic carbocycles. The van der Waals surface area contributed by atoms with Crippen LogP contribution in [-0.4, -0.2) is 50.4 Å². The van der Waals surface area contributed by atoms with Crippen LogP contribution < -0.4 is 10.1 Å². The number of pyridine rings is 1. The molecule has 186 valence electrons. The van der Waals surface area contributed by atoms with Crippen molar-refractivity contribution in [3.63, 3.8) is 0 Å². The lowest BCUT2D eigenvalue weighted by Gasteiger charge is -2.31. The highest BCUT2D eigenvalue weighted by Crippen LogP contribution is 2.31. The molecule has 0 bridgehead atoms. The van der Waals surface area contributed by atoms with Gasteiger partial charge in [0, 0.05) is 43.0 Å². The molecule has 4 rings (SSSR count). The second-order valence-corrected chi connectivity index (χ2v) is 11.2. The van der Waals surface area contributed by atoms with Gasteiger partial charge in [-0.3, -0.25) is 9.78 Å². The second-order valence-electron chi connectivity index (χ2n) is 8.83. The molecule has 0 unspecified atom stereocenters. The number of hydrogen-bond acceptors (Lipinski definition) is 5. The molecular weight excluding hydrogens is 486 g/mol. The number of benzene rings is 2. The molecule has 1 N–H and O–H groups in total. The van der Waals surface area contributed by atoms with E-state index in [-0.39, 0.29) is 15.8 Å². The monoisotopic (exact) mass is 515 g/mol. The van der Waals surface area contributed by atoms with E-state index < -0.39 is 10.0 Å². The van der Waals surface area contributed by atoms with E-state index in [1.807, 2.05) is 24.3 Å². The molecule has 2 aromatic carbocycles. The van der Waals surface area contributed by atoms with Crippen molar-refractivity contribution in [2.45, 2.75) is 37.0 Å². The standard InChI is InChI=1S/C26H30ClN3O4S/c1-34-25-8-7-23(17-24(25)27)35(32,33)30-14-10-19(11-15-30)4-2-3-12-29-26(31)21-6-5-20-9-13-28-18-22(20)16-21/h5-9,13,16-19H,2-4,10-12,14-15H2,1H3,(H,29,31). The number of nitrogens with one attached hydrogen (secondary N) is 1. The fourth-order valence-electron chi connectivity index (χ4n) is 4.48. The maximum absolute atomic E-state index is 13.0. The lowest BCUT2D eigenvalue weighted by molar-refractivity contribution is 0.0953. The first-order chi connectivity index (χ1) is 16.9. The van der Waals surface area contributed by atoms with Gasteiger partial charge in [0.15, 0.2) is 0 Å². The van der Waals surface area contributed by atoms with Crippen molar-refractivity contribution in [2.75, 3.05) is 26.7 Å². The lowest BCUT2D eigenvalue weighted by Crippen LogP contribution is -2.38. The number of hydrogen-bond donors (Lipinski definition) is 1. The Kier molecular flexibility index (Phi) is 8.26. The number of carbonyl (C=O) groups excluding carboxylic acids is 1. The smallest absolute Gasteiger partial charge is 0.251 e. The van der Waals surface area contributed by atoms with Crippen LogP contribution in [0.1, 0.15) is 42.5 Å². The van der Waals surface area contributed by atoms with Gasteiger partial charge in [-0.15, -0.1) is 0 Å². The van der Waals surface area contributed by atoms with Crippen LogP contribution in [0.2, 0.25) is 5.02 Å². The SMILES string of the molecule is COc1ccc(S(=O)(=O)N2CCC(CCCCNC(=O)c3ccc4ccncc4c3)CC2)cc1Cl. The van der Waals surface area contributed by atoms with E-state index in [9.17, 15) is 13.2 Å². The van der Waals surface area contributed by atoms with Crippen molar-refractivity contribution >= 4 is 38.3 Å². The quantitative estimate of drug-likeness (QED) is 0.409. The molecule has 1 aromatic heterocycles. The van der Waals surface area contributed by atoms with Crippen molar-refractivity contribution in [1.82, 2.24) is 14.6 Å². The number of carbonyl (C=O) groups is 1. The minimum atomic E-state index is -3.57. The van der Waals surface area contributed by atoms with Crippen LogP contribution in [0.15, 0.2) is 59.8 Å². The maximum atomic E-state index is 13.0. The molecule has 0 radical (unpaired) electrons. The molecule has 35 heavy (non-hydrogen) atoms. The zero-order valence-corrected chi connectivity index (χ0v) is 21.3.